The minimum Gasteiger partial charge on any atom is -0.481 e. The Kier molecular flexibility index (Phi) is 11.5. The van der Waals surface area contributed by atoms with Gasteiger partial charge in [0.1, 0.15) is 29.7 Å². The summed E-state index contributed by atoms with van der Waals surface area (Å²) in [6.45, 7) is 1.95. The van der Waals surface area contributed by atoms with E-state index in [9.17, 15) is 29.4 Å². The lowest BCUT2D eigenvalue weighted by atomic mass is 10.1. The fourth-order valence-electron chi connectivity index (χ4n) is 5.33. The quantitative estimate of drug-likeness (QED) is 0.0948. The molecule has 8 N–H and O–H groups in total. The number of H-pyrrole nitrogens is 1. The van der Waals surface area contributed by atoms with E-state index in [1.54, 1.807) is 35.8 Å². The fourth-order valence-corrected chi connectivity index (χ4v) is 6.37. The normalized spacial score (nSPS) is 17.5. The molecule has 1 fully saturated rings. The van der Waals surface area contributed by atoms with Crippen molar-refractivity contribution in [3.05, 3.63) is 68.6 Å². The molecule has 0 saturated carbocycles. The average molecular weight is 744 g/mol. The van der Waals surface area contributed by atoms with Crippen molar-refractivity contribution in [3.63, 3.8) is 0 Å². The van der Waals surface area contributed by atoms with Crippen LogP contribution in [0.2, 0.25) is 5.28 Å². The molecule has 4 atom stereocenters. The number of carbonyl (C=O) groups is 3. The molecule has 5 aromatic rings. The minimum atomic E-state index is -1.29. The number of amides is 1. The zero-order valence-electron chi connectivity index (χ0n) is 27.2. The van der Waals surface area contributed by atoms with Gasteiger partial charge in [-0.15, -0.1) is 11.3 Å². The molecule has 18 nitrogen and oxygen atoms in total. The zero-order valence-corrected chi connectivity index (χ0v) is 28.8. The number of benzene rings is 1. The number of carbonyl (C=O) groups excluding carboxylic acids is 1. The summed E-state index contributed by atoms with van der Waals surface area (Å²) in [5.41, 5.74) is 7.87. The Bertz CT molecular complexity index is 2140. The van der Waals surface area contributed by atoms with E-state index in [2.05, 4.69) is 30.2 Å². The number of aliphatic hydroxyl groups excluding tert-OH is 2. The standard InChI is InChI=1S/C21H22N4O6S.C10H12ClN5O3/c1-11-22-14-4-3-12(9-13(14)19(28)23-11)10-25(2)17-7-6-16(32-17)20(29)24-15(21(30)31)5-8-18(26)27;11-10-14-8(12)7-9(15-10)16(3-13-7)6-1-4(18)5(2-17)19-6/h3-4,6-7,9,15H,5,8,10H2,1-2H3,(H,24,29)(H,26,27)(H,30,31)(H,22,23,28);3-6,17-18H,1-2H2,(H2,12,14,15)/t15-;4-,5+,6+/m00/s1. The number of aryl methyl sites for hydroxylation is 1. The lowest BCUT2D eigenvalue weighted by Gasteiger charge is -2.17. The molecule has 51 heavy (non-hydrogen) atoms. The van der Waals surface area contributed by atoms with Crippen LogP contribution in [0.3, 0.4) is 0 Å². The number of anilines is 2. The van der Waals surface area contributed by atoms with E-state index in [0.29, 0.717) is 45.7 Å². The number of fused-ring (bicyclic) bond motifs is 2. The topological polar surface area (TPSA) is 272 Å². The smallest absolute Gasteiger partial charge is 0.326 e. The van der Waals surface area contributed by atoms with Crippen molar-refractivity contribution in [1.82, 2.24) is 34.8 Å². The average Bonchev–Trinajstić information content (AvgIpc) is 3.82. The number of nitrogen functional groups attached to an aromatic ring is 1. The molecular formula is C31H34ClN9O9S. The second kappa shape index (κ2) is 15.8. The maximum absolute atomic E-state index is 12.4. The summed E-state index contributed by atoms with van der Waals surface area (Å²) in [5.74, 6) is -2.27. The van der Waals surface area contributed by atoms with Crippen LogP contribution in [-0.4, -0.2) is 99.7 Å². The maximum atomic E-state index is 12.4. The third-order valence-electron chi connectivity index (χ3n) is 7.87. The molecular weight excluding hydrogens is 710 g/mol. The van der Waals surface area contributed by atoms with Crippen LogP contribution >= 0.6 is 22.9 Å². The van der Waals surface area contributed by atoms with E-state index >= 15 is 0 Å². The Morgan fingerprint density at radius 3 is 2.67 bits per heavy atom. The monoisotopic (exact) mass is 743 g/mol. The van der Waals surface area contributed by atoms with Crippen LogP contribution in [0, 0.1) is 6.92 Å². The highest BCUT2D eigenvalue weighted by Crippen LogP contribution is 2.32. The Labute approximate surface area is 297 Å². The molecule has 6 rings (SSSR count). The van der Waals surface area contributed by atoms with Gasteiger partial charge < -0.3 is 46.1 Å². The highest BCUT2D eigenvalue weighted by molar-refractivity contribution is 7.18. The first-order valence-corrected chi connectivity index (χ1v) is 16.6. The van der Waals surface area contributed by atoms with Gasteiger partial charge in [0.2, 0.25) is 5.28 Å². The largest absolute Gasteiger partial charge is 0.481 e. The summed E-state index contributed by atoms with van der Waals surface area (Å²) in [6.07, 6.45) is -0.549. The van der Waals surface area contributed by atoms with Gasteiger partial charge in [-0.25, -0.2) is 14.8 Å². The molecule has 4 aromatic heterocycles. The third kappa shape index (κ3) is 8.75. The molecule has 1 saturated heterocycles. The van der Waals surface area contributed by atoms with Crippen LogP contribution in [-0.2, 0) is 20.9 Å². The van der Waals surface area contributed by atoms with E-state index in [1.807, 2.05) is 18.0 Å². The van der Waals surface area contributed by atoms with Gasteiger partial charge in [-0.3, -0.25) is 19.0 Å². The zero-order chi connectivity index (χ0) is 37.0. The lowest BCUT2D eigenvalue weighted by Crippen LogP contribution is -2.40. The van der Waals surface area contributed by atoms with Gasteiger partial charge in [0.25, 0.3) is 11.5 Å². The number of rotatable bonds is 11. The summed E-state index contributed by atoms with van der Waals surface area (Å²) in [5, 5.41) is 40.4. The number of aliphatic hydroxyl groups is 2. The van der Waals surface area contributed by atoms with E-state index in [0.717, 1.165) is 10.6 Å². The van der Waals surface area contributed by atoms with E-state index < -0.39 is 42.3 Å². The Balaban J connectivity index is 0.000000224. The van der Waals surface area contributed by atoms with E-state index in [1.165, 1.54) is 17.7 Å². The number of ether oxygens (including phenoxy) is 1. The number of halogens is 1. The molecule has 0 bridgehead atoms. The molecule has 0 spiro atoms. The number of nitrogens with zero attached hydrogens (tertiary/aromatic N) is 6. The van der Waals surface area contributed by atoms with Gasteiger partial charge in [0.05, 0.1) is 39.8 Å². The number of imidazole rings is 1. The number of nitrogens with one attached hydrogen (secondary N) is 2. The SMILES string of the molecule is Cc1nc2ccc(CN(C)c3ccc(C(=O)N[C@@H](CCC(=O)O)C(=O)O)s3)cc2c(=O)[nH]1.Nc1nc(Cl)nc2c1ncn2[C@H]1C[C@H](O)[C@@H](CO)O1. The highest BCUT2D eigenvalue weighted by Gasteiger charge is 2.35. The van der Waals surface area contributed by atoms with Gasteiger partial charge in [-0.1, -0.05) is 6.07 Å². The number of nitrogens with two attached hydrogens (primary N) is 1. The summed E-state index contributed by atoms with van der Waals surface area (Å²) in [7, 11) is 1.84. The van der Waals surface area contributed by atoms with Crippen molar-refractivity contribution in [2.75, 3.05) is 24.3 Å². The molecule has 5 heterocycles. The summed E-state index contributed by atoms with van der Waals surface area (Å²) < 4.78 is 7.16. The van der Waals surface area contributed by atoms with Crippen LogP contribution in [0.4, 0.5) is 10.8 Å². The van der Waals surface area contributed by atoms with Crippen molar-refractivity contribution >= 4 is 73.7 Å². The number of hydrogen-bond acceptors (Lipinski definition) is 14. The summed E-state index contributed by atoms with van der Waals surface area (Å²) in [6, 6.07) is 7.49. The molecule has 0 radical (unpaired) electrons. The predicted octanol–water partition coefficient (Wildman–Crippen LogP) is 1.68. The molecule has 270 valence electrons. The number of thiophene rings is 1. The van der Waals surface area contributed by atoms with E-state index in [4.69, 9.17) is 32.3 Å². The number of aromatic nitrogens is 6. The second-order valence-corrected chi connectivity index (χ2v) is 13.0. The molecule has 1 aromatic carbocycles. The second-order valence-electron chi connectivity index (χ2n) is 11.6. The molecule has 0 unspecified atom stereocenters. The van der Waals surface area contributed by atoms with E-state index in [-0.39, 0.29) is 36.1 Å². The Morgan fingerprint density at radius 1 is 1.22 bits per heavy atom. The maximum Gasteiger partial charge on any atom is 0.326 e. The van der Waals surface area contributed by atoms with Crippen LogP contribution < -0.4 is 21.5 Å². The predicted molar refractivity (Wildman–Crippen MR) is 186 cm³/mol. The first-order valence-electron chi connectivity index (χ1n) is 15.4. The number of aliphatic carboxylic acids is 2. The van der Waals surface area contributed by atoms with Crippen molar-refractivity contribution in [2.45, 2.75) is 57.2 Å². The van der Waals surface area contributed by atoms with Crippen molar-refractivity contribution in [1.29, 1.82) is 0 Å². The minimum absolute atomic E-state index is 0.0176. The van der Waals surface area contributed by atoms with Gasteiger partial charge in [0, 0.05) is 26.4 Å². The summed E-state index contributed by atoms with van der Waals surface area (Å²) >= 11 is 6.95. The third-order valence-corrected chi connectivity index (χ3v) is 9.23. The van der Waals surface area contributed by atoms with Gasteiger partial charge >= 0.3 is 11.9 Å². The first kappa shape index (κ1) is 37.1. The Morgan fingerprint density at radius 2 is 1.98 bits per heavy atom. The molecule has 1 aliphatic rings. The molecule has 1 amide bonds. The van der Waals surface area contributed by atoms with Crippen molar-refractivity contribution in [3.8, 4) is 0 Å². The number of carboxylic acids is 2. The van der Waals surface area contributed by atoms with Gasteiger partial charge in [-0.2, -0.15) is 9.97 Å². The van der Waals surface area contributed by atoms with Crippen molar-refractivity contribution in [2.24, 2.45) is 0 Å². The lowest BCUT2D eigenvalue weighted by molar-refractivity contribution is -0.140. The highest BCUT2D eigenvalue weighted by atomic mass is 35.5. The summed E-state index contributed by atoms with van der Waals surface area (Å²) in [4.78, 5) is 67.8. The van der Waals surface area contributed by atoms with Crippen LogP contribution in [0.5, 0.6) is 0 Å². The van der Waals surface area contributed by atoms with Crippen LogP contribution in [0.1, 0.15) is 46.5 Å². The van der Waals surface area contributed by atoms with Crippen LogP contribution in [0.15, 0.2) is 41.5 Å². The first-order chi connectivity index (χ1) is 24.2. The molecule has 0 aliphatic carbocycles. The van der Waals surface area contributed by atoms with Crippen molar-refractivity contribution < 1.29 is 39.5 Å². The number of hydrogen-bond donors (Lipinski definition) is 7. The molecule has 20 heteroatoms. The molecule has 1 aliphatic heterocycles. The Hall–Kier alpha value is -5.21. The van der Waals surface area contributed by atoms with Crippen LogP contribution in [0.25, 0.3) is 22.1 Å². The number of carboxylic acid groups (broad SMARTS) is 2. The number of aromatic amines is 1. The van der Waals surface area contributed by atoms with Gasteiger partial charge in [-0.05, 0) is 54.8 Å². The van der Waals surface area contributed by atoms with Gasteiger partial charge in [0.15, 0.2) is 11.5 Å². The fraction of sp³-hybridized carbons (Fsp3) is 0.355.